The Labute approximate surface area is 121 Å². The van der Waals surface area contributed by atoms with Crippen molar-refractivity contribution in [3.8, 4) is 0 Å². The fourth-order valence-corrected chi connectivity index (χ4v) is 2.99. The summed E-state index contributed by atoms with van der Waals surface area (Å²) in [6, 6.07) is 1.56. The van der Waals surface area contributed by atoms with Crippen molar-refractivity contribution in [2.24, 2.45) is 0 Å². The van der Waals surface area contributed by atoms with E-state index in [-0.39, 0.29) is 16.7 Å². The van der Waals surface area contributed by atoms with Crippen molar-refractivity contribution in [1.29, 1.82) is 0 Å². The number of hydrogen-bond acceptors (Lipinski definition) is 2. The monoisotopic (exact) mass is 324 g/mol. The average Bonchev–Trinajstić information content (AvgIpc) is 2.31. The van der Waals surface area contributed by atoms with E-state index in [9.17, 15) is 14.7 Å². The SMILES string of the molecule is Cc1c(C(=O)O)cc(C(=O)CBr)c(C2CCC2)c1C. The first kappa shape index (κ1) is 14.3. The first-order chi connectivity index (χ1) is 8.97. The number of hydrogen-bond donors (Lipinski definition) is 1. The van der Waals surface area contributed by atoms with Crippen LogP contribution in [-0.4, -0.2) is 22.2 Å². The molecule has 0 bridgehead atoms. The van der Waals surface area contributed by atoms with E-state index in [4.69, 9.17) is 0 Å². The lowest BCUT2D eigenvalue weighted by atomic mass is 9.74. The molecule has 1 saturated carbocycles. The third-order valence-electron chi connectivity index (χ3n) is 4.11. The number of carboxylic acids is 1. The molecule has 0 aliphatic heterocycles. The molecule has 1 aromatic carbocycles. The van der Waals surface area contributed by atoms with Crippen LogP contribution in [0.3, 0.4) is 0 Å². The van der Waals surface area contributed by atoms with E-state index in [1.807, 2.05) is 13.8 Å². The van der Waals surface area contributed by atoms with Gasteiger partial charge in [-0.3, -0.25) is 4.79 Å². The fraction of sp³-hybridized carbons (Fsp3) is 0.467. The summed E-state index contributed by atoms with van der Waals surface area (Å²) in [5.41, 5.74) is 3.64. The van der Waals surface area contributed by atoms with Crippen LogP contribution in [0, 0.1) is 13.8 Å². The highest BCUT2D eigenvalue weighted by Crippen LogP contribution is 2.41. The van der Waals surface area contributed by atoms with Crippen molar-refractivity contribution >= 4 is 27.7 Å². The number of benzene rings is 1. The van der Waals surface area contributed by atoms with Crippen LogP contribution >= 0.6 is 15.9 Å². The molecule has 19 heavy (non-hydrogen) atoms. The third-order valence-corrected chi connectivity index (χ3v) is 4.62. The Hall–Kier alpha value is -1.16. The second-order valence-corrected chi connectivity index (χ2v) is 5.69. The minimum atomic E-state index is -0.968. The number of alkyl halides is 1. The molecule has 4 heteroatoms. The summed E-state index contributed by atoms with van der Waals surface area (Å²) in [7, 11) is 0. The number of carbonyl (C=O) groups excluding carboxylic acids is 1. The van der Waals surface area contributed by atoms with Crippen LogP contribution in [-0.2, 0) is 0 Å². The maximum atomic E-state index is 12.1. The van der Waals surface area contributed by atoms with Crippen molar-refractivity contribution in [2.45, 2.75) is 39.0 Å². The van der Waals surface area contributed by atoms with E-state index in [1.165, 1.54) is 6.42 Å². The molecule has 0 aromatic heterocycles. The van der Waals surface area contributed by atoms with Gasteiger partial charge in [0.1, 0.15) is 0 Å². The van der Waals surface area contributed by atoms with Crippen LogP contribution in [0.5, 0.6) is 0 Å². The predicted molar refractivity (Wildman–Crippen MR) is 77.6 cm³/mol. The van der Waals surface area contributed by atoms with Gasteiger partial charge in [0.2, 0.25) is 0 Å². The molecule has 0 heterocycles. The quantitative estimate of drug-likeness (QED) is 0.676. The van der Waals surface area contributed by atoms with Crippen molar-refractivity contribution < 1.29 is 14.7 Å². The Bertz CT molecular complexity index is 545. The van der Waals surface area contributed by atoms with Crippen molar-refractivity contribution in [1.82, 2.24) is 0 Å². The molecular formula is C15H17BrO3. The molecule has 3 nitrogen and oxygen atoms in total. The van der Waals surface area contributed by atoms with Crippen LogP contribution in [0.4, 0.5) is 0 Å². The molecule has 0 unspecified atom stereocenters. The lowest BCUT2D eigenvalue weighted by molar-refractivity contribution is 0.0696. The van der Waals surface area contributed by atoms with E-state index < -0.39 is 5.97 Å². The summed E-state index contributed by atoms with van der Waals surface area (Å²) in [6.07, 6.45) is 3.37. The van der Waals surface area contributed by atoms with Gasteiger partial charge < -0.3 is 5.11 Å². The summed E-state index contributed by atoms with van der Waals surface area (Å²) >= 11 is 3.18. The summed E-state index contributed by atoms with van der Waals surface area (Å²) in [4.78, 5) is 23.4. The minimum Gasteiger partial charge on any atom is -0.478 e. The number of rotatable bonds is 4. The van der Waals surface area contributed by atoms with Gasteiger partial charge in [0.05, 0.1) is 10.9 Å². The molecule has 0 spiro atoms. The zero-order chi connectivity index (χ0) is 14.2. The maximum Gasteiger partial charge on any atom is 0.335 e. The average molecular weight is 325 g/mol. The lowest BCUT2D eigenvalue weighted by Gasteiger charge is -2.30. The molecule has 0 amide bonds. The third kappa shape index (κ3) is 2.46. The Balaban J connectivity index is 2.66. The Kier molecular flexibility index (Phi) is 4.09. The smallest absolute Gasteiger partial charge is 0.335 e. The van der Waals surface area contributed by atoms with E-state index in [0.717, 1.165) is 29.5 Å². The molecule has 1 aromatic rings. The van der Waals surface area contributed by atoms with Crippen molar-refractivity contribution in [3.63, 3.8) is 0 Å². The zero-order valence-electron chi connectivity index (χ0n) is 11.1. The highest BCUT2D eigenvalue weighted by Gasteiger charge is 2.28. The molecular weight excluding hydrogens is 308 g/mol. The fourth-order valence-electron chi connectivity index (χ4n) is 2.68. The number of halogens is 1. The van der Waals surface area contributed by atoms with Gasteiger partial charge >= 0.3 is 5.97 Å². The number of ketones is 1. The van der Waals surface area contributed by atoms with E-state index in [1.54, 1.807) is 6.07 Å². The molecule has 1 aliphatic carbocycles. The van der Waals surface area contributed by atoms with Gasteiger partial charge in [0.25, 0.3) is 0 Å². The largest absolute Gasteiger partial charge is 0.478 e. The zero-order valence-corrected chi connectivity index (χ0v) is 12.7. The number of carboxylic acid groups (broad SMARTS) is 1. The van der Waals surface area contributed by atoms with Gasteiger partial charge in [0.15, 0.2) is 5.78 Å². The van der Waals surface area contributed by atoms with E-state index in [2.05, 4.69) is 15.9 Å². The Morgan fingerprint density at radius 3 is 2.32 bits per heavy atom. The predicted octanol–water partition coefficient (Wildman–Crippen LogP) is 3.85. The lowest BCUT2D eigenvalue weighted by Crippen LogP contribution is -2.19. The molecule has 2 rings (SSSR count). The summed E-state index contributed by atoms with van der Waals surface area (Å²) in [6.45, 7) is 3.75. The highest BCUT2D eigenvalue weighted by molar-refractivity contribution is 9.09. The molecule has 0 atom stereocenters. The standard InChI is InChI=1S/C15H17BrO3/c1-8-9(2)14(10-4-3-5-10)12(13(17)7-16)6-11(8)15(18)19/h6,10H,3-5,7H2,1-2H3,(H,18,19). The van der Waals surface area contributed by atoms with Crippen molar-refractivity contribution in [2.75, 3.05) is 5.33 Å². The van der Waals surface area contributed by atoms with Crippen LogP contribution < -0.4 is 0 Å². The van der Waals surface area contributed by atoms with Crippen LogP contribution in [0.15, 0.2) is 6.07 Å². The minimum absolute atomic E-state index is 0.0347. The normalized spacial score (nSPS) is 15.1. The van der Waals surface area contributed by atoms with Gasteiger partial charge in [-0.1, -0.05) is 22.4 Å². The highest BCUT2D eigenvalue weighted by atomic mass is 79.9. The first-order valence-corrected chi connectivity index (χ1v) is 7.56. The van der Waals surface area contributed by atoms with Crippen LogP contribution in [0.1, 0.15) is 62.6 Å². The van der Waals surface area contributed by atoms with Crippen LogP contribution in [0.2, 0.25) is 0 Å². The second kappa shape index (κ2) is 5.45. The Morgan fingerprint density at radius 1 is 1.26 bits per heavy atom. The van der Waals surface area contributed by atoms with Gasteiger partial charge in [-0.15, -0.1) is 0 Å². The molecule has 1 N–H and O–H groups in total. The number of carbonyl (C=O) groups is 2. The molecule has 1 aliphatic rings. The first-order valence-electron chi connectivity index (χ1n) is 6.44. The molecule has 0 saturated heterocycles. The second-order valence-electron chi connectivity index (χ2n) is 5.13. The summed E-state index contributed by atoms with van der Waals surface area (Å²) < 4.78 is 0. The van der Waals surface area contributed by atoms with E-state index >= 15 is 0 Å². The van der Waals surface area contributed by atoms with Gasteiger partial charge in [-0.2, -0.15) is 0 Å². The van der Waals surface area contributed by atoms with Crippen LogP contribution in [0.25, 0.3) is 0 Å². The van der Waals surface area contributed by atoms with Gasteiger partial charge in [0, 0.05) is 5.56 Å². The summed E-state index contributed by atoms with van der Waals surface area (Å²) in [5.74, 6) is -0.587. The van der Waals surface area contributed by atoms with Crippen molar-refractivity contribution in [3.05, 3.63) is 33.9 Å². The Morgan fingerprint density at radius 2 is 1.89 bits per heavy atom. The number of aromatic carboxylic acids is 1. The van der Waals surface area contributed by atoms with Gasteiger partial charge in [-0.05, 0) is 55.4 Å². The van der Waals surface area contributed by atoms with Gasteiger partial charge in [-0.25, -0.2) is 4.79 Å². The topological polar surface area (TPSA) is 54.4 Å². The molecule has 102 valence electrons. The number of Topliss-reactive ketones (excluding diaryl/α,β-unsaturated/α-hetero) is 1. The summed E-state index contributed by atoms with van der Waals surface area (Å²) in [5, 5.41) is 9.48. The maximum absolute atomic E-state index is 12.1. The molecule has 1 fully saturated rings. The van der Waals surface area contributed by atoms with E-state index in [0.29, 0.717) is 11.5 Å². The molecule has 0 radical (unpaired) electrons.